The highest BCUT2D eigenvalue weighted by Crippen LogP contribution is 2.36. The minimum atomic E-state index is -5.07. The van der Waals surface area contributed by atoms with Gasteiger partial charge in [-0.1, -0.05) is 18.2 Å². The third-order valence-electron chi connectivity index (χ3n) is 5.37. The van der Waals surface area contributed by atoms with Gasteiger partial charge < -0.3 is 5.32 Å². The summed E-state index contributed by atoms with van der Waals surface area (Å²) < 4.78 is 80.4. The van der Waals surface area contributed by atoms with Crippen LogP contribution in [0.5, 0.6) is 0 Å². The number of hydrogen-bond donors (Lipinski definition) is 1. The van der Waals surface area contributed by atoms with Crippen molar-refractivity contribution in [1.82, 2.24) is 14.8 Å². The molecule has 0 fully saturated rings. The standard InChI is InChI=1S/C24H18F6N4O/c1-12-5-4-6-18-13(2)7-19(31-21(12)18)34-20(8-14(3)33-34)32-22(35)15-9-16(23(25,26)27)11-17(10-15)24(28,29)30/h4-11H,1-3H3,(H,32,35). The summed E-state index contributed by atoms with van der Waals surface area (Å²) in [5.41, 5.74) is -1.05. The van der Waals surface area contributed by atoms with Crippen LogP contribution in [-0.2, 0) is 12.4 Å². The molecule has 2 aromatic carbocycles. The molecular formula is C24H18F6N4O. The van der Waals surface area contributed by atoms with Gasteiger partial charge in [-0.25, -0.2) is 4.98 Å². The quantitative estimate of drug-likeness (QED) is 0.327. The van der Waals surface area contributed by atoms with Crippen molar-refractivity contribution in [2.75, 3.05) is 5.32 Å². The number of fused-ring (bicyclic) bond motifs is 1. The van der Waals surface area contributed by atoms with E-state index >= 15 is 0 Å². The van der Waals surface area contributed by atoms with Crippen molar-refractivity contribution in [2.45, 2.75) is 33.1 Å². The van der Waals surface area contributed by atoms with Crippen LogP contribution in [0.4, 0.5) is 32.2 Å². The predicted molar refractivity (Wildman–Crippen MR) is 117 cm³/mol. The van der Waals surface area contributed by atoms with E-state index in [9.17, 15) is 31.1 Å². The molecule has 4 aromatic rings. The van der Waals surface area contributed by atoms with E-state index in [0.717, 1.165) is 16.5 Å². The van der Waals surface area contributed by atoms with Gasteiger partial charge in [0.15, 0.2) is 5.82 Å². The van der Waals surface area contributed by atoms with Crippen LogP contribution in [0.15, 0.2) is 48.5 Å². The van der Waals surface area contributed by atoms with Crippen molar-refractivity contribution in [3.05, 3.63) is 82.0 Å². The van der Waals surface area contributed by atoms with E-state index in [1.165, 1.54) is 10.7 Å². The summed E-state index contributed by atoms with van der Waals surface area (Å²) in [6.45, 7) is 5.36. The van der Waals surface area contributed by atoms with Crippen LogP contribution >= 0.6 is 0 Å². The van der Waals surface area contributed by atoms with Gasteiger partial charge in [0.2, 0.25) is 0 Å². The van der Waals surface area contributed by atoms with Crippen molar-refractivity contribution in [2.24, 2.45) is 0 Å². The molecule has 0 aliphatic heterocycles. The van der Waals surface area contributed by atoms with Gasteiger partial charge in [-0.05, 0) is 56.2 Å². The predicted octanol–water partition coefficient (Wildman–Crippen LogP) is 6.64. The molecule has 0 bridgehead atoms. The van der Waals surface area contributed by atoms with Crippen LogP contribution in [0.2, 0.25) is 0 Å². The number of para-hydroxylation sites is 1. The number of benzene rings is 2. The molecule has 1 N–H and O–H groups in total. The number of hydrogen-bond acceptors (Lipinski definition) is 3. The Morgan fingerprint density at radius 1 is 0.857 bits per heavy atom. The maximum atomic E-state index is 13.2. The molecular weight excluding hydrogens is 474 g/mol. The Kier molecular flexibility index (Phi) is 5.82. The highest BCUT2D eigenvalue weighted by molar-refractivity contribution is 6.04. The maximum absolute atomic E-state index is 13.2. The molecule has 35 heavy (non-hydrogen) atoms. The molecule has 0 radical (unpaired) electrons. The number of pyridine rings is 1. The largest absolute Gasteiger partial charge is 0.416 e. The van der Waals surface area contributed by atoms with Gasteiger partial charge in [0, 0.05) is 17.0 Å². The zero-order valence-corrected chi connectivity index (χ0v) is 18.6. The molecule has 0 atom stereocenters. The van der Waals surface area contributed by atoms with Crippen LogP contribution < -0.4 is 5.32 Å². The van der Waals surface area contributed by atoms with Crippen LogP contribution in [0.25, 0.3) is 16.7 Å². The molecule has 2 aromatic heterocycles. The Morgan fingerprint density at radius 2 is 1.49 bits per heavy atom. The number of alkyl halides is 6. The normalized spacial score (nSPS) is 12.3. The molecule has 0 saturated heterocycles. The number of nitrogens with zero attached hydrogens (tertiary/aromatic N) is 3. The maximum Gasteiger partial charge on any atom is 0.416 e. The van der Waals surface area contributed by atoms with Crippen molar-refractivity contribution in [3.8, 4) is 5.82 Å². The lowest BCUT2D eigenvalue weighted by atomic mass is 10.0. The molecule has 0 aliphatic rings. The SMILES string of the molecule is Cc1cc(NC(=O)c2cc(C(F)(F)F)cc(C(F)(F)F)c2)n(-c2cc(C)c3cccc(C)c3n2)n1. The molecule has 0 aliphatic carbocycles. The van der Waals surface area contributed by atoms with Gasteiger partial charge in [0.25, 0.3) is 5.91 Å². The van der Waals surface area contributed by atoms with Crippen LogP contribution in [0.3, 0.4) is 0 Å². The number of aromatic nitrogens is 3. The van der Waals surface area contributed by atoms with Crippen molar-refractivity contribution < 1.29 is 31.1 Å². The number of rotatable bonds is 3. The van der Waals surface area contributed by atoms with Crippen LogP contribution in [0.1, 0.15) is 38.3 Å². The smallest absolute Gasteiger partial charge is 0.306 e. The zero-order chi connectivity index (χ0) is 25.7. The van der Waals surface area contributed by atoms with Gasteiger partial charge in [-0.2, -0.15) is 36.1 Å². The Balaban J connectivity index is 1.77. The first-order chi connectivity index (χ1) is 16.2. The summed E-state index contributed by atoms with van der Waals surface area (Å²) in [7, 11) is 0. The number of halogens is 6. The molecule has 1 amide bonds. The highest BCUT2D eigenvalue weighted by Gasteiger charge is 2.37. The lowest BCUT2D eigenvalue weighted by Gasteiger charge is -2.15. The molecule has 0 saturated carbocycles. The summed E-state index contributed by atoms with van der Waals surface area (Å²) in [4.78, 5) is 17.4. The average Bonchev–Trinajstić information content (AvgIpc) is 3.12. The monoisotopic (exact) mass is 492 g/mol. The number of carbonyl (C=O) groups is 1. The summed E-state index contributed by atoms with van der Waals surface area (Å²) >= 11 is 0. The van der Waals surface area contributed by atoms with Crippen molar-refractivity contribution in [1.29, 1.82) is 0 Å². The number of aryl methyl sites for hydroxylation is 3. The number of nitrogens with one attached hydrogen (secondary N) is 1. The van der Waals surface area contributed by atoms with Gasteiger partial charge in [0.05, 0.1) is 22.3 Å². The first-order valence-corrected chi connectivity index (χ1v) is 10.3. The van der Waals surface area contributed by atoms with E-state index in [2.05, 4.69) is 15.4 Å². The highest BCUT2D eigenvalue weighted by atomic mass is 19.4. The van der Waals surface area contributed by atoms with Crippen LogP contribution in [-0.4, -0.2) is 20.7 Å². The summed E-state index contributed by atoms with van der Waals surface area (Å²) in [6.07, 6.45) is -10.1. The van der Waals surface area contributed by atoms with Gasteiger partial charge in [0.1, 0.15) is 5.82 Å². The molecule has 182 valence electrons. The second-order valence-corrected chi connectivity index (χ2v) is 8.10. The van der Waals surface area contributed by atoms with Gasteiger partial charge >= 0.3 is 12.4 Å². The first-order valence-electron chi connectivity index (χ1n) is 10.3. The van der Waals surface area contributed by atoms with E-state index in [-0.39, 0.29) is 11.9 Å². The van der Waals surface area contributed by atoms with E-state index < -0.39 is 35.0 Å². The fourth-order valence-electron chi connectivity index (χ4n) is 3.69. The number of carbonyl (C=O) groups excluding carboxylic acids is 1. The molecule has 4 rings (SSSR count). The molecule has 0 spiro atoms. The minimum absolute atomic E-state index is 0.0325. The molecule has 0 unspecified atom stereocenters. The Hall–Kier alpha value is -3.89. The fourth-order valence-corrected chi connectivity index (χ4v) is 3.69. The van der Waals surface area contributed by atoms with Crippen molar-refractivity contribution >= 4 is 22.6 Å². The second-order valence-electron chi connectivity index (χ2n) is 8.10. The molecule has 11 heteroatoms. The van der Waals surface area contributed by atoms with Crippen LogP contribution in [0, 0.1) is 20.8 Å². The van der Waals surface area contributed by atoms with E-state index in [1.54, 1.807) is 13.0 Å². The van der Waals surface area contributed by atoms with E-state index in [0.29, 0.717) is 29.2 Å². The van der Waals surface area contributed by atoms with Crippen molar-refractivity contribution in [3.63, 3.8) is 0 Å². The molecule has 5 nitrogen and oxygen atoms in total. The Labute approximate surface area is 195 Å². The topological polar surface area (TPSA) is 59.8 Å². The fraction of sp³-hybridized carbons (Fsp3) is 0.208. The van der Waals surface area contributed by atoms with E-state index in [4.69, 9.17) is 0 Å². The third-order valence-corrected chi connectivity index (χ3v) is 5.37. The summed E-state index contributed by atoms with van der Waals surface area (Å²) in [6, 6.07) is 9.54. The minimum Gasteiger partial charge on any atom is -0.306 e. The van der Waals surface area contributed by atoms with E-state index in [1.807, 2.05) is 32.0 Å². The van der Waals surface area contributed by atoms with Gasteiger partial charge in [-0.15, -0.1) is 0 Å². The Morgan fingerprint density at radius 3 is 2.09 bits per heavy atom. The number of amides is 1. The second kappa shape index (κ2) is 8.40. The zero-order valence-electron chi connectivity index (χ0n) is 18.6. The lowest BCUT2D eigenvalue weighted by Crippen LogP contribution is -2.19. The van der Waals surface area contributed by atoms with Gasteiger partial charge in [-0.3, -0.25) is 4.79 Å². The third kappa shape index (κ3) is 4.84. The first kappa shape index (κ1) is 24.2. The summed E-state index contributed by atoms with van der Waals surface area (Å²) in [5.74, 6) is -0.789. The average molecular weight is 492 g/mol. The number of anilines is 1. The molecule has 2 heterocycles. The summed E-state index contributed by atoms with van der Waals surface area (Å²) in [5, 5.41) is 7.58. The lowest BCUT2D eigenvalue weighted by molar-refractivity contribution is -0.143. The Bertz CT molecular complexity index is 1420.